The van der Waals surface area contributed by atoms with Gasteiger partial charge in [-0.2, -0.15) is 0 Å². The zero-order chi connectivity index (χ0) is 14.0. The molecule has 0 radical (unpaired) electrons. The molecular formula is C16H29N3. The molecule has 0 aromatic carbocycles. The van der Waals surface area contributed by atoms with Crippen LogP contribution in [0.5, 0.6) is 0 Å². The molecule has 0 saturated carbocycles. The van der Waals surface area contributed by atoms with Crippen LogP contribution in [0.3, 0.4) is 0 Å². The predicted octanol–water partition coefficient (Wildman–Crippen LogP) is 3.09. The number of imidazole rings is 1. The first kappa shape index (κ1) is 14.6. The summed E-state index contributed by atoms with van der Waals surface area (Å²) < 4.78 is 2.46. The Morgan fingerprint density at radius 2 is 1.95 bits per heavy atom. The Balaban J connectivity index is 2.01. The fourth-order valence-electron chi connectivity index (χ4n) is 2.83. The molecule has 2 rings (SSSR count). The summed E-state index contributed by atoms with van der Waals surface area (Å²) in [6, 6.07) is 0. The average Bonchev–Trinajstić information content (AvgIpc) is 2.63. The standard InChI is InChI=1S/C16H29N3/c1-12(10-17-16(3,4)5)11-19-13(2)18-14-8-6-7-9-15(14)19/h12,17H,6-11H2,1-5H3. The summed E-state index contributed by atoms with van der Waals surface area (Å²) in [6.07, 6.45) is 5.03. The van der Waals surface area contributed by atoms with Crippen molar-refractivity contribution in [3.8, 4) is 0 Å². The lowest BCUT2D eigenvalue weighted by molar-refractivity contribution is 0.356. The largest absolute Gasteiger partial charge is 0.332 e. The Hall–Kier alpha value is -0.830. The monoisotopic (exact) mass is 263 g/mol. The molecule has 0 fully saturated rings. The van der Waals surface area contributed by atoms with E-state index in [-0.39, 0.29) is 5.54 Å². The van der Waals surface area contributed by atoms with Crippen LogP contribution in [0.1, 0.15) is 57.7 Å². The third-order valence-electron chi connectivity index (χ3n) is 3.90. The van der Waals surface area contributed by atoms with E-state index in [0.29, 0.717) is 5.92 Å². The summed E-state index contributed by atoms with van der Waals surface area (Å²) in [5.41, 5.74) is 3.07. The van der Waals surface area contributed by atoms with Crippen molar-refractivity contribution in [3.63, 3.8) is 0 Å². The highest BCUT2D eigenvalue weighted by Crippen LogP contribution is 2.23. The second-order valence-electron chi connectivity index (χ2n) is 7.11. The molecule has 19 heavy (non-hydrogen) atoms. The second kappa shape index (κ2) is 5.66. The number of rotatable bonds is 4. The van der Waals surface area contributed by atoms with Gasteiger partial charge in [-0.15, -0.1) is 0 Å². The molecule has 108 valence electrons. The highest BCUT2D eigenvalue weighted by molar-refractivity contribution is 5.19. The van der Waals surface area contributed by atoms with Gasteiger partial charge in [-0.3, -0.25) is 0 Å². The molecule has 1 aliphatic rings. The molecular weight excluding hydrogens is 234 g/mol. The number of nitrogens with zero attached hydrogens (tertiary/aromatic N) is 2. The first-order valence-electron chi connectivity index (χ1n) is 7.67. The molecule has 1 aromatic heterocycles. The predicted molar refractivity (Wildman–Crippen MR) is 80.5 cm³/mol. The highest BCUT2D eigenvalue weighted by atomic mass is 15.1. The Morgan fingerprint density at radius 3 is 2.63 bits per heavy atom. The number of hydrogen-bond acceptors (Lipinski definition) is 2. The minimum absolute atomic E-state index is 0.206. The van der Waals surface area contributed by atoms with E-state index in [1.807, 2.05) is 0 Å². The van der Waals surface area contributed by atoms with Gasteiger partial charge in [0.1, 0.15) is 5.82 Å². The lowest BCUT2D eigenvalue weighted by Crippen LogP contribution is -2.39. The summed E-state index contributed by atoms with van der Waals surface area (Å²) in [4.78, 5) is 4.76. The van der Waals surface area contributed by atoms with Crippen LogP contribution in [0, 0.1) is 12.8 Å². The SMILES string of the molecule is Cc1nc2c(n1CC(C)CNC(C)(C)C)CCCC2. The summed E-state index contributed by atoms with van der Waals surface area (Å²) in [5, 5.41) is 3.60. The van der Waals surface area contributed by atoms with E-state index < -0.39 is 0 Å². The van der Waals surface area contributed by atoms with E-state index in [1.165, 1.54) is 42.9 Å². The van der Waals surface area contributed by atoms with E-state index in [1.54, 1.807) is 0 Å². The quantitative estimate of drug-likeness (QED) is 0.904. The smallest absolute Gasteiger partial charge is 0.106 e. The van der Waals surface area contributed by atoms with Gasteiger partial charge in [-0.25, -0.2) is 4.98 Å². The maximum atomic E-state index is 4.76. The fourth-order valence-corrected chi connectivity index (χ4v) is 2.83. The van der Waals surface area contributed by atoms with E-state index in [2.05, 4.69) is 44.5 Å². The zero-order valence-corrected chi connectivity index (χ0v) is 13.2. The summed E-state index contributed by atoms with van der Waals surface area (Å²) in [6.45, 7) is 13.3. The first-order chi connectivity index (χ1) is 8.87. The van der Waals surface area contributed by atoms with Crippen molar-refractivity contribution in [2.45, 2.75) is 72.4 Å². The van der Waals surface area contributed by atoms with Crippen LogP contribution in [0.4, 0.5) is 0 Å². The minimum atomic E-state index is 0.206. The van der Waals surface area contributed by atoms with Crippen molar-refractivity contribution in [3.05, 3.63) is 17.2 Å². The maximum Gasteiger partial charge on any atom is 0.106 e. The summed E-state index contributed by atoms with van der Waals surface area (Å²) >= 11 is 0. The van der Waals surface area contributed by atoms with Gasteiger partial charge >= 0.3 is 0 Å². The topological polar surface area (TPSA) is 29.9 Å². The third kappa shape index (κ3) is 3.82. The molecule has 0 aliphatic heterocycles. The van der Waals surface area contributed by atoms with Gasteiger partial charge < -0.3 is 9.88 Å². The third-order valence-corrected chi connectivity index (χ3v) is 3.90. The van der Waals surface area contributed by atoms with E-state index in [9.17, 15) is 0 Å². The van der Waals surface area contributed by atoms with Gasteiger partial charge in [0.05, 0.1) is 5.69 Å². The number of nitrogens with one attached hydrogen (secondary N) is 1. The number of hydrogen-bond donors (Lipinski definition) is 1. The van der Waals surface area contributed by atoms with E-state index in [4.69, 9.17) is 4.98 Å². The molecule has 3 nitrogen and oxygen atoms in total. The van der Waals surface area contributed by atoms with Crippen LogP contribution in [0.2, 0.25) is 0 Å². The van der Waals surface area contributed by atoms with Gasteiger partial charge in [0.15, 0.2) is 0 Å². The van der Waals surface area contributed by atoms with Crippen LogP contribution in [0.25, 0.3) is 0 Å². The molecule has 0 bridgehead atoms. The molecule has 3 heteroatoms. The molecule has 1 aliphatic carbocycles. The van der Waals surface area contributed by atoms with E-state index >= 15 is 0 Å². The van der Waals surface area contributed by atoms with Crippen LogP contribution in [0.15, 0.2) is 0 Å². The van der Waals surface area contributed by atoms with E-state index in [0.717, 1.165) is 13.1 Å². The minimum Gasteiger partial charge on any atom is -0.332 e. The number of aromatic nitrogens is 2. The second-order valence-corrected chi connectivity index (χ2v) is 7.11. The van der Waals surface area contributed by atoms with Gasteiger partial charge in [-0.05, 0) is 65.8 Å². The molecule has 1 aromatic rings. The van der Waals surface area contributed by atoms with Crippen LogP contribution in [-0.2, 0) is 19.4 Å². The van der Waals surface area contributed by atoms with Gasteiger partial charge in [0.25, 0.3) is 0 Å². The number of aryl methyl sites for hydroxylation is 2. The normalized spacial score (nSPS) is 17.3. The zero-order valence-electron chi connectivity index (χ0n) is 13.2. The molecule has 0 saturated heterocycles. The van der Waals surface area contributed by atoms with Crippen molar-refractivity contribution in [2.24, 2.45) is 5.92 Å². The van der Waals surface area contributed by atoms with Crippen molar-refractivity contribution >= 4 is 0 Å². The van der Waals surface area contributed by atoms with Crippen molar-refractivity contribution in [2.75, 3.05) is 6.54 Å². The van der Waals surface area contributed by atoms with Crippen LogP contribution in [-0.4, -0.2) is 21.6 Å². The Morgan fingerprint density at radius 1 is 1.26 bits per heavy atom. The van der Waals surface area contributed by atoms with Crippen LogP contribution >= 0.6 is 0 Å². The van der Waals surface area contributed by atoms with Gasteiger partial charge in [-0.1, -0.05) is 6.92 Å². The first-order valence-corrected chi connectivity index (χ1v) is 7.67. The Kier molecular flexibility index (Phi) is 4.34. The molecule has 1 atom stereocenters. The summed E-state index contributed by atoms with van der Waals surface area (Å²) in [7, 11) is 0. The highest BCUT2D eigenvalue weighted by Gasteiger charge is 2.19. The van der Waals surface area contributed by atoms with Crippen molar-refractivity contribution < 1.29 is 0 Å². The lowest BCUT2D eigenvalue weighted by atomic mass is 10.0. The Labute approximate surface area is 117 Å². The molecule has 1 heterocycles. The summed E-state index contributed by atoms with van der Waals surface area (Å²) in [5.74, 6) is 1.84. The van der Waals surface area contributed by atoms with Gasteiger partial charge in [0, 0.05) is 17.8 Å². The molecule has 0 spiro atoms. The van der Waals surface area contributed by atoms with Crippen LogP contribution < -0.4 is 5.32 Å². The molecule has 0 amide bonds. The average molecular weight is 263 g/mol. The van der Waals surface area contributed by atoms with Crippen molar-refractivity contribution in [1.29, 1.82) is 0 Å². The lowest BCUT2D eigenvalue weighted by Gasteiger charge is -2.24. The Bertz CT molecular complexity index is 426. The molecule has 1 unspecified atom stereocenters. The van der Waals surface area contributed by atoms with Gasteiger partial charge in [0.2, 0.25) is 0 Å². The number of fused-ring (bicyclic) bond motifs is 1. The maximum absolute atomic E-state index is 4.76. The molecule has 1 N–H and O–H groups in total. The fraction of sp³-hybridized carbons (Fsp3) is 0.812. The van der Waals surface area contributed by atoms with Crippen molar-refractivity contribution in [1.82, 2.24) is 14.9 Å².